The molecule has 1 aliphatic carbocycles. The van der Waals surface area contributed by atoms with Gasteiger partial charge in [-0.3, -0.25) is 0 Å². The molecule has 0 aliphatic heterocycles. The highest BCUT2D eigenvalue weighted by Crippen LogP contribution is 2.34. The van der Waals surface area contributed by atoms with Crippen molar-refractivity contribution < 1.29 is 18.3 Å². The van der Waals surface area contributed by atoms with Gasteiger partial charge in [-0.15, -0.1) is 0 Å². The lowest BCUT2D eigenvalue weighted by atomic mass is 9.78. The Morgan fingerprint density at radius 1 is 0.839 bits per heavy atom. The Balaban J connectivity index is 1.57. The predicted molar refractivity (Wildman–Crippen MR) is 120 cm³/mol. The molecule has 0 amide bonds. The van der Waals surface area contributed by atoms with Gasteiger partial charge in [0.2, 0.25) is 0 Å². The van der Waals surface area contributed by atoms with Crippen molar-refractivity contribution in [3.8, 4) is 5.75 Å². The van der Waals surface area contributed by atoms with E-state index in [9.17, 15) is 13.6 Å². The Morgan fingerprint density at radius 2 is 1.48 bits per heavy atom. The third-order valence-corrected chi connectivity index (χ3v) is 6.54. The SMILES string of the molecule is CCCc1ccc(OC(=O)c2ccc(CCC3CCC(CCC)CC3)c(F)c2F)cc1. The molecule has 1 saturated carbocycles. The summed E-state index contributed by atoms with van der Waals surface area (Å²) in [5, 5.41) is 0. The topological polar surface area (TPSA) is 26.3 Å². The first-order chi connectivity index (χ1) is 15.0. The molecule has 31 heavy (non-hydrogen) atoms. The van der Waals surface area contributed by atoms with Crippen molar-refractivity contribution in [3.63, 3.8) is 0 Å². The number of ether oxygens (including phenoxy) is 1. The van der Waals surface area contributed by atoms with Crippen molar-refractivity contribution in [1.29, 1.82) is 0 Å². The third kappa shape index (κ3) is 6.38. The summed E-state index contributed by atoms with van der Waals surface area (Å²) >= 11 is 0. The first kappa shape index (κ1) is 23.4. The van der Waals surface area contributed by atoms with Crippen LogP contribution in [0, 0.1) is 23.5 Å². The highest BCUT2D eigenvalue weighted by Gasteiger charge is 2.23. The van der Waals surface area contributed by atoms with Gasteiger partial charge in [0.1, 0.15) is 5.75 Å². The minimum absolute atomic E-state index is 0.326. The number of hydrogen-bond acceptors (Lipinski definition) is 2. The molecule has 2 nitrogen and oxygen atoms in total. The molecule has 3 rings (SSSR count). The van der Waals surface area contributed by atoms with E-state index < -0.39 is 17.6 Å². The van der Waals surface area contributed by atoms with Crippen LogP contribution in [0.2, 0.25) is 0 Å². The molecule has 0 spiro atoms. The number of carbonyl (C=O) groups is 1. The van der Waals surface area contributed by atoms with E-state index in [1.807, 2.05) is 12.1 Å². The minimum atomic E-state index is -1.11. The van der Waals surface area contributed by atoms with E-state index in [-0.39, 0.29) is 5.56 Å². The smallest absolute Gasteiger partial charge is 0.346 e. The van der Waals surface area contributed by atoms with Crippen molar-refractivity contribution in [2.45, 2.75) is 78.1 Å². The van der Waals surface area contributed by atoms with E-state index in [4.69, 9.17) is 4.74 Å². The molecule has 168 valence electrons. The second-order valence-electron chi connectivity index (χ2n) is 8.90. The largest absolute Gasteiger partial charge is 0.423 e. The van der Waals surface area contributed by atoms with Crippen molar-refractivity contribution in [2.24, 2.45) is 11.8 Å². The Morgan fingerprint density at radius 3 is 2.10 bits per heavy atom. The standard InChI is InChI=1S/C27H34F2O2/c1-3-5-19-7-9-21(10-8-19)11-14-22-15-18-24(26(29)25(22)28)27(30)31-23-16-12-20(6-4-2)13-17-23/h12-13,15-19,21H,3-11,14H2,1-2H3. The zero-order chi connectivity index (χ0) is 22.2. The summed E-state index contributed by atoms with van der Waals surface area (Å²) in [4.78, 5) is 12.4. The zero-order valence-electron chi connectivity index (χ0n) is 18.8. The molecule has 1 aliphatic rings. The van der Waals surface area contributed by atoms with Gasteiger partial charge in [0.25, 0.3) is 0 Å². The van der Waals surface area contributed by atoms with Gasteiger partial charge in [-0.05, 0) is 60.4 Å². The van der Waals surface area contributed by atoms with Crippen LogP contribution in [0.15, 0.2) is 36.4 Å². The molecule has 0 atom stereocenters. The lowest BCUT2D eigenvalue weighted by Crippen LogP contribution is -2.16. The number of hydrogen-bond donors (Lipinski definition) is 0. The molecule has 0 aromatic heterocycles. The maximum absolute atomic E-state index is 14.6. The first-order valence-electron chi connectivity index (χ1n) is 11.8. The predicted octanol–water partition coefficient (Wildman–Crippen LogP) is 7.68. The fourth-order valence-electron chi connectivity index (χ4n) is 4.69. The van der Waals surface area contributed by atoms with Crippen LogP contribution in [-0.4, -0.2) is 5.97 Å². The van der Waals surface area contributed by atoms with Gasteiger partial charge in [-0.1, -0.05) is 77.0 Å². The number of esters is 1. The molecular weight excluding hydrogens is 394 g/mol. The highest BCUT2D eigenvalue weighted by molar-refractivity contribution is 5.91. The molecular formula is C27H34F2O2. The van der Waals surface area contributed by atoms with Gasteiger partial charge in [-0.2, -0.15) is 0 Å². The summed E-state index contributed by atoms with van der Waals surface area (Å²) in [6.07, 6.45) is 10.7. The fraction of sp³-hybridized carbons (Fsp3) is 0.519. The van der Waals surface area contributed by atoms with Crippen LogP contribution in [0.3, 0.4) is 0 Å². The molecule has 4 heteroatoms. The average molecular weight is 429 g/mol. The molecule has 0 radical (unpaired) electrons. The van der Waals surface area contributed by atoms with Crippen molar-refractivity contribution in [3.05, 3.63) is 64.7 Å². The lowest BCUT2D eigenvalue weighted by molar-refractivity contribution is 0.0728. The number of carbonyl (C=O) groups excluding carboxylic acids is 1. The van der Waals surface area contributed by atoms with Crippen LogP contribution in [0.4, 0.5) is 8.78 Å². The van der Waals surface area contributed by atoms with Crippen LogP contribution in [0.25, 0.3) is 0 Å². The Hall–Kier alpha value is -2.23. The number of benzene rings is 2. The van der Waals surface area contributed by atoms with Crippen molar-refractivity contribution in [1.82, 2.24) is 0 Å². The van der Waals surface area contributed by atoms with Gasteiger partial charge in [0.05, 0.1) is 5.56 Å². The van der Waals surface area contributed by atoms with Gasteiger partial charge >= 0.3 is 5.97 Å². The Kier molecular flexibility index (Phi) is 8.62. The van der Waals surface area contributed by atoms with Crippen LogP contribution in [0.1, 0.15) is 86.7 Å². The summed E-state index contributed by atoms with van der Waals surface area (Å²) in [6, 6.07) is 9.99. The minimum Gasteiger partial charge on any atom is -0.423 e. The molecule has 2 aromatic rings. The second-order valence-corrected chi connectivity index (χ2v) is 8.90. The lowest BCUT2D eigenvalue weighted by Gasteiger charge is -2.28. The number of halogens is 2. The van der Waals surface area contributed by atoms with E-state index in [1.165, 1.54) is 50.7 Å². The number of aryl methyl sites for hydroxylation is 2. The summed E-state index contributed by atoms with van der Waals surface area (Å²) in [5.41, 5.74) is 1.12. The van der Waals surface area contributed by atoms with Gasteiger partial charge in [0, 0.05) is 0 Å². The summed E-state index contributed by atoms with van der Waals surface area (Å²) < 4.78 is 34.5. The molecule has 0 heterocycles. The molecule has 2 aromatic carbocycles. The molecule has 0 saturated heterocycles. The van der Waals surface area contributed by atoms with Gasteiger partial charge in [0.15, 0.2) is 11.6 Å². The van der Waals surface area contributed by atoms with E-state index in [0.717, 1.165) is 30.7 Å². The van der Waals surface area contributed by atoms with Crippen LogP contribution in [-0.2, 0) is 12.8 Å². The van der Waals surface area contributed by atoms with E-state index in [0.29, 0.717) is 23.7 Å². The van der Waals surface area contributed by atoms with E-state index in [1.54, 1.807) is 12.1 Å². The van der Waals surface area contributed by atoms with E-state index >= 15 is 0 Å². The number of rotatable bonds is 9. The fourth-order valence-corrected chi connectivity index (χ4v) is 4.69. The van der Waals surface area contributed by atoms with Crippen LogP contribution in [0.5, 0.6) is 5.75 Å². The maximum Gasteiger partial charge on any atom is 0.346 e. The monoisotopic (exact) mass is 428 g/mol. The molecule has 0 bridgehead atoms. The van der Waals surface area contributed by atoms with Crippen LogP contribution >= 0.6 is 0 Å². The quantitative estimate of drug-likeness (QED) is 0.302. The third-order valence-electron chi connectivity index (χ3n) is 6.54. The average Bonchev–Trinajstić information content (AvgIpc) is 2.77. The van der Waals surface area contributed by atoms with Crippen LogP contribution < -0.4 is 4.74 Å². The maximum atomic E-state index is 14.6. The highest BCUT2D eigenvalue weighted by atomic mass is 19.2. The summed E-state index contributed by atoms with van der Waals surface area (Å²) in [5.74, 6) is -1.17. The Labute approximate surface area is 185 Å². The van der Waals surface area contributed by atoms with Crippen molar-refractivity contribution in [2.75, 3.05) is 0 Å². The van der Waals surface area contributed by atoms with Crippen molar-refractivity contribution >= 4 is 5.97 Å². The zero-order valence-corrected chi connectivity index (χ0v) is 18.8. The van der Waals surface area contributed by atoms with Gasteiger partial charge in [-0.25, -0.2) is 13.6 Å². The Bertz CT molecular complexity index is 852. The second kappa shape index (κ2) is 11.4. The van der Waals surface area contributed by atoms with E-state index in [2.05, 4.69) is 13.8 Å². The molecule has 0 unspecified atom stereocenters. The summed E-state index contributed by atoms with van der Waals surface area (Å²) in [6.45, 7) is 4.32. The first-order valence-corrected chi connectivity index (χ1v) is 11.8. The normalized spacial score (nSPS) is 18.7. The molecule has 1 fully saturated rings. The molecule has 0 N–H and O–H groups in total. The van der Waals surface area contributed by atoms with Gasteiger partial charge < -0.3 is 4.74 Å². The summed E-state index contributed by atoms with van der Waals surface area (Å²) in [7, 11) is 0.